The van der Waals surface area contributed by atoms with Gasteiger partial charge in [0.15, 0.2) is 11.5 Å². The van der Waals surface area contributed by atoms with Gasteiger partial charge >= 0.3 is 16.3 Å². The van der Waals surface area contributed by atoms with Crippen LogP contribution in [0.4, 0.5) is 13.2 Å². The predicted octanol–water partition coefficient (Wildman–Crippen LogP) is 5.98. The largest absolute Gasteiger partial charge is 0.493 e. The molecule has 0 radical (unpaired) electrons. The number of benzene rings is 2. The lowest BCUT2D eigenvalue weighted by molar-refractivity contribution is -0.137. The number of hydrogen-bond donors (Lipinski definition) is 0. The van der Waals surface area contributed by atoms with E-state index in [1.165, 1.54) is 41.7 Å². The van der Waals surface area contributed by atoms with Crippen LogP contribution in [0.2, 0.25) is 0 Å². The second-order valence-electron chi connectivity index (χ2n) is 7.77. The molecule has 0 bridgehead atoms. The van der Waals surface area contributed by atoms with E-state index in [9.17, 15) is 26.4 Å². The third-order valence-electron chi connectivity index (χ3n) is 5.20. The molecule has 12 heteroatoms. The van der Waals surface area contributed by atoms with Crippen LogP contribution >= 0.6 is 11.3 Å². The van der Waals surface area contributed by atoms with Crippen molar-refractivity contribution in [3.05, 3.63) is 100 Å². The summed E-state index contributed by atoms with van der Waals surface area (Å²) in [6.45, 7) is 0.204. The van der Waals surface area contributed by atoms with Crippen molar-refractivity contribution in [2.45, 2.75) is 24.2 Å². The van der Waals surface area contributed by atoms with Crippen molar-refractivity contribution >= 4 is 27.4 Å². The maximum atomic E-state index is 13.1. The first-order chi connectivity index (χ1) is 17.6. The third-order valence-corrected chi connectivity index (χ3v) is 7.29. The molecule has 0 aliphatic rings. The molecule has 1 amide bonds. The third kappa shape index (κ3) is 6.33. The van der Waals surface area contributed by atoms with Crippen molar-refractivity contribution in [1.29, 1.82) is 0 Å². The normalized spacial score (nSPS) is 11.8. The number of carbonyl (C=O) groups is 1. The van der Waals surface area contributed by atoms with Crippen molar-refractivity contribution in [3.8, 4) is 11.5 Å². The summed E-state index contributed by atoms with van der Waals surface area (Å²) in [6.07, 6.45) is -3.24. The number of ether oxygens (including phenoxy) is 1. The molecule has 0 unspecified atom stereocenters. The Morgan fingerprint density at radius 3 is 2.46 bits per heavy atom. The van der Waals surface area contributed by atoms with Gasteiger partial charge in [0, 0.05) is 6.54 Å². The number of hydrogen-bond acceptors (Lipinski definition) is 7. The predicted molar refractivity (Wildman–Crippen MR) is 129 cm³/mol. The van der Waals surface area contributed by atoms with Crippen LogP contribution in [0.15, 0.2) is 87.7 Å². The smallest absolute Gasteiger partial charge is 0.416 e. The SMILES string of the molecule is COc1ccc(CN(Cc2ccco2)C(=O)c2cccs2)cc1OS(=O)(=O)c1cccc(C(F)(F)F)c1. The van der Waals surface area contributed by atoms with Crippen molar-refractivity contribution in [1.82, 2.24) is 4.90 Å². The molecule has 194 valence electrons. The fourth-order valence-corrected chi connectivity index (χ4v) is 5.12. The molecule has 4 aromatic rings. The van der Waals surface area contributed by atoms with Crippen LogP contribution in [0.25, 0.3) is 0 Å². The van der Waals surface area contributed by atoms with Gasteiger partial charge in [-0.2, -0.15) is 21.6 Å². The average molecular weight is 552 g/mol. The molecule has 0 atom stereocenters. The zero-order chi connectivity index (χ0) is 26.6. The second kappa shape index (κ2) is 10.7. The molecule has 0 N–H and O–H groups in total. The monoisotopic (exact) mass is 551 g/mol. The summed E-state index contributed by atoms with van der Waals surface area (Å²) < 4.78 is 80.7. The summed E-state index contributed by atoms with van der Waals surface area (Å²) in [7, 11) is -3.35. The summed E-state index contributed by atoms with van der Waals surface area (Å²) in [4.78, 5) is 14.5. The lowest BCUT2D eigenvalue weighted by atomic mass is 10.1. The van der Waals surface area contributed by atoms with Gasteiger partial charge in [0.25, 0.3) is 5.91 Å². The van der Waals surface area contributed by atoms with Gasteiger partial charge in [-0.05, 0) is 59.5 Å². The Morgan fingerprint density at radius 1 is 1.00 bits per heavy atom. The van der Waals surface area contributed by atoms with E-state index in [0.29, 0.717) is 22.3 Å². The Kier molecular flexibility index (Phi) is 7.60. The first-order valence-electron chi connectivity index (χ1n) is 10.7. The molecule has 0 aliphatic carbocycles. The minimum atomic E-state index is -4.73. The molecular weight excluding hydrogens is 531 g/mol. The van der Waals surface area contributed by atoms with Gasteiger partial charge in [-0.1, -0.05) is 18.2 Å². The lowest BCUT2D eigenvalue weighted by Crippen LogP contribution is -2.29. The second-order valence-corrected chi connectivity index (χ2v) is 10.3. The fourth-order valence-electron chi connectivity index (χ4n) is 3.45. The van der Waals surface area contributed by atoms with Crippen LogP contribution in [0.5, 0.6) is 11.5 Å². The molecule has 0 aliphatic heterocycles. The highest BCUT2D eigenvalue weighted by Gasteiger charge is 2.32. The van der Waals surface area contributed by atoms with Gasteiger partial charge < -0.3 is 18.2 Å². The number of furan rings is 1. The summed E-state index contributed by atoms with van der Waals surface area (Å²) in [6, 6.07) is 14.5. The van der Waals surface area contributed by atoms with Gasteiger partial charge in [0.2, 0.25) is 0 Å². The molecule has 0 spiro atoms. The Morgan fingerprint density at radius 2 is 1.81 bits per heavy atom. The summed E-state index contributed by atoms with van der Waals surface area (Å²) in [5.74, 6) is 0.0868. The van der Waals surface area contributed by atoms with E-state index >= 15 is 0 Å². The van der Waals surface area contributed by atoms with E-state index in [0.717, 1.165) is 18.2 Å². The molecule has 2 heterocycles. The molecule has 4 rings (SSSR count). The van der Waals surface area contributed by atoms with Crippen molar-refractivity contribution in [2.75, 3.05) is 7.11 Å². The topological polar surface area (TPSA) is 86.0 Å². The van der Waals surface area contributed by atoms with Crippen molar-refractivity contribution in [2.24, 2.45) is 0 Å². The minimum Gasteiger partial charge on any atom is -0.493 e. The maximum Gasteiger partial charge on any atom is 0.416 e. The number of halogens is 3. The number of carbonyl (C=O) groups excluding carboxylic acids is 1. The van der Waals surface area contributed by atoms with E-state index in [2.05, 4.69) is 0 Å². The first-order valence-corrected chi connectivity index (χ1v) is 13.0. The molecule has 37 heavy (non-hydrogen) atoms. The van der Waals surface area contributed by atoms with E-state index in [1.54, 1.807) is 35.7 Å². The number of alkyl halides is 3. The van der Waals surface area contributed by atoms with E-state index in [-0.39, 0.29) is 30.5 Å². The van der Waals surface area contributed by atoms with E-state index < -0.39 is 26.8 Å². The highest BCUT2D eigenvalue weighted by atomic mass is 32.2. The molecule has 2 aromatic carbocycles. The van der Waals surface area contributed by atoms with Crippen LogP contribution < -0.4 is 8.92 Å². The number of thiophene rings is 1. The van der Waals surface area contributed by atoms with Crippen molar-refractivity contribution < 1.29 is 39.7 Å². The van der Waals surface area contributed by atoms with Crippen molar-refractivity contribution in [3.63, 3.8) is 0 Å². The van der Waals surface area contributed by atoms with Gasteiger partial charge in [-0.25, -0.2) is 0 Å². The van der Waals surface area contributed by atoms with E-state index in [1.807, 2.05) is 0 Å². The Bertz CT molecular complexity index is 1470. The van der Waals surface area contributed by atoms with Crippen LogP contribution in [0.3, 0.4) is 0 Å². The van der Waals surface area contributed by atoms with E-state index in [4.69, 9.17) is 13.3 Å². The summed E-state index contributed by atoms with van der Waals surface area (Å²) in [5.41, 5.74) is -0.634. The Labute approximate surface area is 214 Å². The molecule has 2 aromatic heterocycles. The molecule has 0 saturated carbocycles. The summed E-state index contributed by atoms with van der Waals surface area (Å²) in [5, 5.41) is 1.77. The van der Waals surface area contributed by atoms with Crippen LogP contribution in [0, 0.1) is 0 Å². The highest BCUT2D eigenvalue weighted by molar-refractivity contribution is 7.87. The van der Waals surface area contributed by atoms with Gasteiger partial charge in [-0.3, -0.25) is 4.79 Å². The van der Waals surface area contributed by atoms with Gasteiger partial charge in [0.05, 0.1) is 30.4 Å². The lowest BCUT2D eigenvalue weighted by Gasteiger charge is -2.22. The zero-order valence-corrected chi connectivity index (χ0v) is 20.9. The molecule has 7 nitrogen and oxygen atoms in total. The highest BCUT2D eigenvalue weighted by Crippen LogP contribution is 2.34. The average Bonchev–Trinajstić information content (AvgIpc) is 3.57. The van der Waals surface area contributed by atoms with Crippen LogP contribution in [-0.2, 0) is 29.4 Å². The number of rotatable bonds is 9. The first kappa shape index (κ1) is 26.3. The van der Waals surface area contributed by atoms with Gasteiger partial charge in [0.1, 0.15) is 10.7 Å². The number of methoxy groups -OCH3 is 1. The molecule has 0 saturated heterocycles. The zero-order valence-electron chi connectivity index (χ0n) is 19.3. The Hall–Kier alpha value is -3.77. The number of nitrogens with zero attached hydrogens (tertiary/aromatic N) is 1. The standard InChI is InChI=1S/C25H20F3NO6S2/c1-33-21-10-9-17(15-29(16-19-6-3-11-34-19)24(30)23-8-4-12-36-23)13-22(21)35-37(31,32)20-7-2-5-18(14-20)25(26,27)28/h2-14H,15-16H2,1H3. The number of amides is 1. The van der Waals surface area contributed by atoms with Crippen LogP contribution in [0.1, 0.15) is 26.6 Å². The summed E-state index contributed by atoms with van der Waals surface area (Å²) >= 11 is 1.27. The molecule has 0 fully saturated rings. The maximum absolute atomic E-state index is 13.1. The van der Waals surface area contributed by atoms with Gasteiger partial charge in [-0.15, -0.1) is 11.3 Å². The quantitative estimate of drug-likeness (QED) is 0.238. The minimum absolute atomic E-state index is 0.0430. The molecular formula is C25H20F3NO6S2. The Balaban J connectivity index is 1.63. The van der Waals surface area contributed by atoms with Crippen LogP contribution in [-0.4, -0.2) is 26.3 Å². The fraction of sp³-hybridized carbons (Fsp3) is 0.160.